The molecule has 0 aliphatic carbocycles. The second-order valence-electron chi connectivity index (χ2n) is 7.75. The van der Waals surface area contributed by atoms with E-state index in [1.807, 2.05) is 63.2 Å². The van der Waals surface area contributed by atoms with Crippen molar-refractivity contribution in [3.8, 4) is 5.75 Å². The zero-order chi connectivity index (χ0) is 22.3. The molecule has 1 N–H and O–H groups in total. The van der Waals surface area contributed by atoms with E-state index in [0.717, 1.165) is 22.0 Å². The van der Waals surface area contributed by atoms with E-state index in [1.165, 1.54) is 5.56 Å². The maximum absolute atomic E-state index is 13.1. The zero-order valence-corrected chi connectivity index (χ0v) is 20.0. The Morgan fingerprint density at radius 1 is 1.07 bits per heavy atom. The van der Waals surface area contributed by atoms with Gasteiger partial charge in [-0.15, -0.1) is 0 Å². The number of nitrogens with one attached hydrogen (secondary N) is 1. The summed E-state index contributed by atoms with van der Waals surface area (Å²) in [4.78, 5) is 27.2. The average Bonchev–Trinajstić information content (AvgIpc) is 2.71. The van der Waals surface area contributed by atoms with Gasteiger partial charge in [0.15, 0.2) is 6.61 Å². The lowest BCUT2D eigenvalue weighted by Crippen LogP contribution is -2.50. The van der Waals surface area contributed by atoms with Gasteiger partial charge in [-0.25, -0.2) is 0 Å². The molecule has 2 rings (SSSR count). The van der Waals surface area contributed by atoms with Crippen LogP contribution in [0.15, 0.2) is 46.9 Å². The topological polar surface area (TPSA) is 58.6 Å². The fourth-order valence-electron chi connectivity index (χ4n) is 2.98. The van der Waals surface area contributed by atoms with Crippen LogP contribution in [0.5, 0.6) is 5.75 Å². The summed E-state index contributed by atoms with van der Waals surface area (Å²) in [7, 11) is 0. The first kappa shape index (κ1) is 23.9. The Labute approximate surface area is 187 Å². The molecule has 0 radical (unpaired) electrons. The van der Waals surface area contributed by atoms with Crippen LogP contribution >= 0.6 is 15.9 Å². The number of hydrogen-bond acceptors (Lipinski definition) is 3. The Hall–Kier alpha value is -2.34. The van der Waals surface area contributed by atoms with Gasteiger partial charge in [-0.3, -0.25) is 9.59 Å². The summed E-state index contributed by atoms with van der Waals surface area (Å²) in [6.07, 6.45) is 0.921. The zero-order valence-electron chi connectivity index (χ0n) is 18.4. The van der Waals surface area contributed by atoms with Crippen LogP contribution in [0.4, 0.5) is 0 Å². The van der Waals surface area contributed by atoms with Crippen LogP contribution in [0, 0.1) is 6.92 Å². The summed E-state index contributed by atoms with van der Waals surface area (Å²) in [6, 6.07) is 13.2. The molecule has 0 aromatic heterocycles. The summed E-state index contributed by atoms with van der Waals surface area (Å²) in [5, 5.41) is 2.89. The van der Waals surface area contributed by atoms with E-state index in [9.17, 15) is 9.59 Å². The van der Waals surface area contributed by atoms with Gasteiger partial charge in [-0.1, -0.05) is 42.8 Å². The third kappa shape index (κ3) is 6.87. The molecule has 6 heteroatoms. The van der Waals surface area contributed by atoms with Gasteiger partial charge in [0.2, 0.25) is 5.91 Å². The van der Waals surface area contributed by atoms with E-state index < -0.39 is 6.04 Å². The van der Waals surface area contributed by atoms with Crippen LogP contribution < -0.4 is 10.1 Å². The van der Waals surface area contributed by atoms with Gasteiger partial charge in [-0.2, -0.15) is 0 Å². The Morgan fingerprint density at radius 3 is 2.27 bits per heavy atom. The van der Waals surface area contributed by atoms with E-state index in [4.69, 9.17) is 4.74 Å². The molecule has 30 heavy (non-hydrogen) atoms. The summed E-state index contributed by atoms with van der Waals surface area (Å²) < 4.78 is 6.59. The molecule has 1 atom stereocenters. The standard InChI is InChI=1S/C24H31BrN2O3/c1-6-19-11-12-22(21(25)13-19)30-15-23(28)27(18(5)24(29)26-16(2)3)14-20-9-7-17(4)8-10-20/h7-13,16,18H,6,14-15H2,1-5H3,(H,26,29)/t18-/m0/s1. The van der Waals surface area contributed by atoms with Crippen LogP contribution in [-0.4, -0.2) is 35.4 Å². The molecule has 0 heterocycles. The lowest BCUT2D eigenvalue weighted by atomic mass is 10.1. The molecule has 2 amide bonds. The molecule has 0 bridgehead atoms. The van der Waals surface area contributed by atoms with Crippen molar-refractivity contribution < 1.29 is 14.3 Å². The summed E-state index contributed by atoms with van der Waals surface area (Å²) in [6.45, 7) is 9.84. The van der Waals surface area contributed by atoms with E-state index in [0.29, 0.717) is 12.3 Å². The minimum absolute atomic E-state index is 0.000521. The second-order valence-corrected chi connectivity index (χ2v) is 8.61. The number of carbonyl (C=O) groups is 2. The Kier molecular flexibility index (Phi) is 8.90. The predicted octanol–water partition coefficient (Wildman–Crippen LogP) is 4.64. The highest BCUT2D eigenvalue weighted by Gasteiger charge is 2.27. The summed E-state index contributed by atoms with van der Waals surface area (Å²) in [5.74, 6) is 0.183. The Bertz CT molecular complexity index is 865. The number of halogens is 1. The summed E-state index contributed by atoms with van der Waals surface area (Å²) in [5.41, 5.74) is 3.29. The third-order valence-corrected chi connectivity index (χ3v) is 5.45. The lowest BCUT2D eigenvalue weighted by Gasteiger charge is -2.29. The van der Waals surface area contributed by atoms with Crippen LogP contribution in [0.1, 0.15) is 44.4 Å². The molecule has 0 saturated heterocycles. The quantitative estimate of drug-likeness (QED) is 0.575. The molecule has 0 spiro atoms. The van der Waals surface area contributed by atoms with Gasteiger partial charge in [0.25, 0.3) is 5.91 Å². The number of aryl methyl sites for hydroxylation is 2. The van der Waals surface area contributed by atoms with Crippen LogP contribution in [0.2, 0.25) is 0 Å². The van der Waals surface area contributed by atoms with Crippen LogP contribution in [0.25, 0.3) is 0 Å². The van der Waals surface area contributed by atoms with Crippen LogP contribution in [0.3, 0.4) is 0 Å². The van der Waals surface area contributed by atoms with Crippen molar-refractivity contribution in [1.29, 1.82) is 0 Å². The number of nitrogens with zero attached hydrogens (tertiary/aromatic N) is 1. The fourth-order valence-corrected chi connectivity index (χ4v) is 3.52. The first-order valence-corrected chi connectivity index (χ1v) is 11.1. The summed E-state index contributed by atoms with van der Waals surface area (Å²) >= 11 is 3.50. The van der Waals surface area contributed by atoms with Gasteiger partial charge in [-0.05, 0) is 73.3 Å². The second kappa shape index (κ2) is 11.2. The molecular formula is C24H31BrN2O3. The average molecular weight is 475 g/mol. The molecule has 0 aliphatic rings. The highest BCUT2D eigenvalue weighted by Crippen LogP contribution is 2.26. The number of ether oxygens (including phenoxy) is 1. The van der Waals surface area contributed by atoms with Crippen molar-refractivity contribution >= 4 is 27.7 Å². The maximum atomic E-state index is 13.1. The highest BCUT2D eigenvalue weighted by molar-refractivity contribution is 9.10. The maximum Gasteiger partial charge on any atom is 0.261 e. The minimum atomic E-state index is -0.615. The monoisotopic (exact) mass is 474 g/mol. The van der Waals surface area contributed by atoms with Gasteiger partial charge < -0.3 is 15.0 Å². The van der Waals surface area contributed by atoms with E-state index in [2.05, 4.69) is 28.2 Å². The molecule has 0 fully saturated rings. The number of rotatable bonds is 9. The Morgan fingerprint density at radius 2 is 1.70 bits per heavy atom. The Balaban J connectivity index is 2.16. The van der Waals surface area contributed by atoms with E-state index >= 15 is 0 Å². The fraction of sp³-hybridized carbons (Fsp3) is 0.417. The van der Waals surface area contributed by atoms with Gasteiger partial charge in [0.05, 0.1) is 4.47 Å². The van der Waals surface area contributed by atoms with Crippen molar-refractivity contribution in [3.05, 3.63) is 63.6 Å². The SMILES string of the molecule is CCc1ccc(OCC(=O)N(Cc2ccc(C)cc2)[C@@H](C)C(=O)NC(C)C)c(Br)c1. The largest absolute Gasteiger partial charge is 0.483 e. The number of benzene rings is 2. The normalized spacial score (nSPS) is 11.8. The molecule has 2 aromatic carbocycles. The predicted molar refractivity (Wildman–Crippen MR) is 123 cm³/mol. The first-order valence-electron chi connectivity index (χ1n) is 10.3. The third-order valence-electron chi connectivity index (χ3n) is 4.83. The van der Waals surface area contributed by atoms with Crippen LogP contribution in [-0.2, 0) is 22.6 Å². The van der Waals surface area contributed by atoms with Gasteiger partial charge in [0.1, 0.15) is 11.8 Å². The lowest BCUT2D eigenvalue weighted by molar-refractivity contribution is -0.142. The molecule has 162 valence electrons. The van der Waals surface area contributed by atoms with Crippen molar-refractivity contribution in [2.75, 3.05) is 6.61 Å². The molecular weight excluding hydrogens is 444 g/mol. The molecule has 0 saturated carbocycles. The van der Waals surface area contributed by atoms with Crippen molar-refractivity contribution in [1.82, 2.24) is 10.2 Å². The number of hydrogen-bond donors (Lipinski definition) is 1. The minimum Gasteiger partial charge on any atom is -0.483 e. The number of amides is 2. The van der Waals surface area contributed by atoms with Gasteiger partial charge >= 0.3 is 0 Å². The molecule has 0 aliphatic heterocycles. The van der Waals surface area contributed by atoms with Crippen molar-refractivity contribution in [2.24, 2.45) is 0 Å². The molecule has 5 nitrogen and oxygen atoms in total. The van der Waals surface area contributed by atoms with E-state index in [-0.39, 0.29) is 24.5 Å². The van der Waals surface area contributed by atoms with Crippen molar-refractivity contribution in [2.45, 2.75) is 59.7 Å². The van der Waals surface area contributed by atoms with E-state index in [1.54, 1.807) is 11.8 Å². The van der Waals surface area contributed by atoms with Gasteiger partial charge in [0, 0.05) is 12.6 Å². The number of carbonyl (C=O) groups excluding carboxylic acids is 2. The highest BCUT2D eigenvalue weighted by atomic mass is 79.9. The first-order chi connectivity index (χ1) is 14.2. The smallest absolute Gasteiger partial charge is 0.261 e. The molecule has 0 unspecified atom stereocenters. The molecule has 2 aromatic rings. The van der Waals surface area contributed by atoms with Crippen molar-refractivity contribution in [3.63, 3.8) is 0 Å².